The van der Waals surface area contributed by atoms with Crippen molar-refractivity contribution in [1.82, 2.24) is 35.4 Å². The lowest BCUT2D eigenvalue weighted by Crippen LogP contribution is -2.44. The molecule has 4 atom stereocenters. The monoisotopic (exact) mass is 492 g/mol. The molecule has 1 aliphatic rings. The number of hydrogen-bond donors (Lipinski definition) is 4. The highest BCUT2D eigenvalue weighted by Crippen LogP contribution is 2.28. The van der Waals surface area contributed by atoms with Gasteiger partial charge in [0.05, 0.1) is 17.8 Å². The van der Waals surface area contributed by atoms with Crippen LogP contribution in [-0.4, -0.2) is 78.6 Å². The second-order valence-electron chi connectivity index (χ2n) is 8.57. The number of carbonyl (C=O) groups is 1. The summed E-state index contributed by atoms with van der Waals surface area (Å²) in [5.41, 5.74) is 2.05. The zero-order chi connectivity index (χ0) is 23.5. The van der Waals surface area contributed by atoms with E-state index in [1.165, 1.54) is 0 Å². The van der Waals surface area contributed by atoms with Gasteiger partial charge in [-0.15, -0.1) is 17.5 Å². The van der Waals surface area contributed by atoms with Gasteiger partial charge in [0.1, 0.15) is 6.10 Å². The lowest BCUT2D eigenvalue weighted by molar-refractivity contribution is 0.00878. The Balaban J connectivity index is 0.00000324. The Hall–Kier alpha value is -3.06. The Morgan fingerprint density at radius 2 is 2.09 bits per heavy atom. The van der Waals surface area contributed by atoms with Crippen LogP contribution >= 0.6 is 12.4 Å². The van der Waals surface area contributed by atoms with Gasteiger partial charge in [-0.2, -0.15) is 4.98 Å². The summed E-state index contributed by atoms with van der Waals surface area (Å²) in [7, 11) is 3.89. The van der Waals surface area contributed by atoms with E-state index in [1.54, 1.807) is 29.8 Å². The molecule has 0 radical (unpaired) electrons. The van der Waals surface area contributed by atoms with Crippen molar-refractivity contribution in [2.75, 3.05) is 19.4 Å². The molecular formula is C21H29ClN8O4. The predicted octanol–water partition coefficient (Wildman–Crippen LogP) is 1.05. The molecule has 0 spiro atoms. The number of carbonyl (C=O) groups excluding carboxylic acids is 1. The highest BCUT2D eigenvalue weighted by Gasteiger charge is 2.42. The summed E-state index contributed by atoms with van der Waals surface area (Å²) in [4.78, 5) is 18.7. The van der Waals surface area contributed by atoms with Crippen molar-refractivity contribution in [1.29, 1.82) is 0 Å². The molecular weight excluding hydrogens is 464 g/mol. The van der Waals surface area contributed by atoms with Crippen LogP contribution in [0.5, 0.6) is 0 Å². The van der Waals surface area contributed by atoms with Crippen molar-refractivity contribution in [2.45, 2.75) is 44.7 Å². The number of rotatable bonds is 7. The van der Waals surface area contributed by atoms with Crippen LogP contribution in [0.15, 0.2) is 35.0 Å². The molecule has 2 heterocycles. The summed E-state index contributed by atoms with van der Waals surface area (Å²) >= 11 is 0. The van der Waals surface area contributed by atoms with Crippen molar-refractivity contribution >= 4 is 24.1 Å². The molecule has 184 valence electrons. The molecule has 4 rings (SSSR count). The van der Waals surface area contributed by atoms with E-state index in [0.717, 1.165) is 5.69 Å². The lowest BCUT2D eigenvalue weighted by atomic mass is 10.1. The zero-order valence-corrected chi connectivity index (χ0v) is 19.9. The zero-order valence-electron chi connectivity index (χ0n) is 19.1. The highest BCUT2D eigenvalue weighted by molar-refractivity contribution is 5.90. The molecule has 12 nitrogen and oxygen atoms in total. The second-order valence-corrected chi connectivity index (χ2v) is 8.57. The number of urea groups is 1. The Morgan fingerprint density at radius 3 is 2.79 bits per heavy atom. The van der Waals surface area contributed by atoms with E-state index in [9.17, 15) is 15.0 Å². The fourth-order valence-corrected chi connectivity index (χ4v) is 4.00. The smallest absolute Gasteiger partial charge is 0.319 e. The van der Waals surface area contributed by atoms with Crippen molar-refractivity contribution in [3.63, 3.8) is 0 Å². The number of nitrogens with one attached hydrogen (secondary N) is 2. The molecule has 1 aliphatic carbocycles. The number of hydrogen-bond acceptors (Lipinski definition) is 9. The van der Waals surface area contributed by atoms with E-state index >= 15 is 0 Å². The minimum Gasteiger partial charge on any atom is -0.390 e. The molecule has 0 saturated heterocycles. The van der Waals surface area contributed by atoms with Gasteiger partial charge in [0.15, 0.2) is 0 Å². The summed E-state index contributed by atoms with van der Waals surface area (Å²) < 4.78 is 6.66. The van der Waals surface area contributed by atoms with Gasteiger partial charge in [-0.25, -0.2) is 4.79 Å². The third kappa shape index (κ3) is 6.08. The second kappa shape index (κ2) is 10.9. The van der Waals surface area contributed by atoms with Gasteiger partial charge < -0.3 is 30.3 Å². The van der Waals surface area contributed by atoms with E-state index in [1.807, 2.05) is 31.3 Å². The maximum absolute atomic E-state index is 12.5. The van der Waals surface area contributed by atoms with Crippen LogP contribution in [0.3, 0.4) is 0 Å². The van der Waals surface area contributed by atoms with Crippen molar-refractivity contribution in [3.05, 3.63) is 42.0 Å². The molecule has 1 saturated carbocycles. The molecule has 1 aromatic carbocycles. The summed E-state index contributed by atoms with van der Waals surface area (Å²) in [6, 6.07) is 5.95. The fourth-order valence-electron chi connectivity index (χ4n) is 4.00. The van der Waals surface area contributed by atoms with Crippen LogP contribution in [-0.2, 0) is 13.1 Å². The van der Waals surface area contributed by atoms with Gasteiger partial charge in [0.2, 0.25) is 11.7 Å². The van der Waals surface area contributed by atoms with Gasteiger partial charge in [0, 0.05) is 43.4 Å². The molecule has 2 aromatic heterocycles. The molecule has 2 amide bonds. The summed E-state index contributed by atoms with van der Waals surface area (Å²) in [6.45, 7) is 2.75. The molecule has 4 N–H and O–H groups in total. The third-order valence-corrected chi connectivity index (χ3v) is 5.51. The van der Waals surface area contributed by atoms with E-state index in [2.05, 4.69) is 31.1 Å². The number of aliphatic hydroxyl groups excluding tert-OH is 2. The van der Waals surface area contributed by atoms with Gasteiger partial charge in [-0.1, -0.05) is 22.5 Å². The SMILES string of the molecule is Cc1nc(-c2cccc(NC(=O)N[C@@H]3C[C@H](Cn4cc(CN(C)C)nn4)[C@@H](O)[C@H]3O)c2)no1.Cl. The Kier molecular flexibility index (Phi) is 8.20. The van der Waals surface area contributed by atoms with Crippen molar-refractivity contribution in [2.24, 2.45) is 5.92 Å². The van der Waals surface area contributed by atoms with Crippen LogP contribution < -0.4 is 10.6 Å². The van der Waals surface area contributed by atoms with E-state index in [-0.39, 0.29) is 18.3 Å². The average Bonchev–Trinajstić information content (AvgIpc) is 3.45. The van der Waals surface area contributed by atoms with Crippen LogP contribution in [0.2, 0.25) is 0 Å². The minimum absolute atomic E-state index is 0. The number of benzene rings is 1. The summed E-state index contributed by atoms with van der Waals surface area (Å²) in [5, 5.41) is 38.6. The summed E-state index contributed by atoms with van der Waals surface area (Å²) in [6.07, 6.45) is 0.159. The number of aryl methyl sites for hydroxylation is 1. The number of anilines is 1. The number of amides is 2. The van der Waals surface area contributed by atoms with Crippen LogP contribution in [0.1, 0.15) is 18.0 Å². The van der Waals surface area contributed by atoms with Gasteiger partial charge >= 0.3 is 6.03 Å². The topological polar surface area (TPSA) is 154 Å². The molecule has 0 bridgehead atoms. The quantitative estimate of drug-likeness (QED) is 0.378. The standard InChI is InChI=1S/C21H28N8O4.ClH/c1-12-22-20(26-33-12)13-5-4-6-15(7-13)23-21(32)24-17-8-14(18(30)19(17)31)9-29-11-16(25-27-29)10-28(2)3;/h4-7,11,14,17-19,30-31H,8-10H2,1-3H3,(H2,23,24,32);1H/t14-,17-,18-,19+;/m1./s1. The first kappa shape index (κ1) is 25.6. The Labute approximate surface area is 202 Å². The van der Waals surface area contributed by atoms with Gasteiger partial charge in [0.25, 0.3) is 0 Å². The number of aromatic nitrogens is 5. The first-order valence-corrected chi connectivity index (χ1v) is 10.7. The van der Waals surface area contributed by atoms with E-state index in [4.69, 9.17) is 4.52 Å². The molecule has 3 aromatic rings. The highest BCUT2D eigenvalue weighted by atomic mass is 35.5. The largest absolute Gasteiger partial charge is 0.390 e. The average molecular weight is 493 g/mol. The molecule has 0 unspecified atom stereocenters. The maximum atomic E-state index is 12.5. The first-order valence-electron chi connectivity index (χ1n) is 10.7. The molecule has 34 heavy (non-hydrogen) atoms. The normalized spacial score (nSPS) is 21.9. The fraction of sp³-hybridized carbons (Fsp3) is 0.476. The first-order chi connectivity index (χ1) is 15.8. The van der Waals surface area contributed by atoms with Gasteiger partial charge in [-0.3, -0.25) is 4.68 Å². The molecule has 0 aliphatic heterocycles. The Morgan fingerprint density at radius 1 is 1.29 bits per heavy atom. The molecule has 1 fully saturated rings. The lowest BCUT2D eigenvalue weighted by Gasteiger charge is -2.18. The van der Waals surface area contributed by atoms with Gasteiger partial charge in [-0.05, 0) is 32.6 Å². The van der Waals surface area contributed by atoms with Crippen LogP contribution in [0, 0.1) is 12.8 Å². The number of halogens is 1. The maximum Gasteiger partial charge on any atom is 0.319 e. The van der Waals surface area contributed by atoms with Crippen LogP contribution in [0.25, 0.3) is 11.4 Å². The predicted molar refractivity (Wildman–Crippen MR) is 125 cm³/mol. The number of nitrogens with zero attached hydrogens (tertiary/aromatic N) is 6. The Bertz CT molecular complexity index is 1100. The molecule has 13 heteroatoms. The summed E-state index contributed by atoms with van der Waals surface area (Å²) in [5.74, 6) is 0.601. The van der Waals surface area contributed by atoms with E-state index in [0.29, 0.717) is 42.5 Å². The van der Waals surface area contributed by atoms with Crippen molar-refractivity contribution in [3.8, 4) is 11.4 Å². The number of aliphatic hydroxyl groups is 2. The van der Waals surface area contributed by atoms with Crippen LogP contribution in [0.4, 0.5) is 10.5 Å². The minimum atomic E-state index is -1.08. The van der Waals surface area contributed by atoms with E-state index < -0.39 is 24.3 Å². The third-order valence-electron chi connectivity index (χ3n) is 5.51. The van der Waals surface area contributed by atoms with Crippen molar-refractivity contribution < 1.29 is 19.5 Å².